The minimum atomic E-state index is -0.903. The zero-order valence-electron chi connectivity index (χ0n) is 10.1. The van der Waals surface area contributed by atoms with E-state index in [1.807, 2.05) is 49.4 Å². The fourth-order valence-corrected chi connectivity index (χ4v) is 1.79. The minimum absolute atomic E-state index is 0.322. The Kier molecular flexibility index (Phi) is 3.58. The zero-order chi connectivity index (χ0) is 13.0. The van der Waals surface area contributed by atoms with E-state index in [4.69, 9.17) is 5.11 Å². The molecule has 0 amide bonds. The molecule has 2 nitrogen and oxygen atoms in total. The maximum atomic E-state index is 11.1. The summed E-state index contributed by atoms with van der Waals surface area (Å²) in [6.45, 7) is 2.03. The van der Waals surface area contributed by atoms with Crippen molar-refractivity contribution in [1.82, 2.24) is 0 Å². The van der Waals surface area contributed by atoms with Gasteiger partial charge in [0.1, 0.15) is 0 Å². The summed E-state index contributed by atoms with van der Waals surface area (Å²) < 4.78 is 0. The van der Waals surface area contributed by atoms with Crippen LogP contribution in [0.2, 0.25) is 0 Å². The summed E-state index contributed by atoms with van der Waals surface area (Å²) in [5, 5.41) is 9.08. The fourth-order valence-electron chi connectivity index (χ4n) is 1.79. The molecule has 0 atom stereocenters. The molecule has 2 aromatic rings. The van der Waals surface area contributed by atoms with Crippen molar-refractivity contribution in [3.8, 4) is 0 Å². The van der Waals surface area contributed by atoms with Crippen LogP contribution in [0.1, 0.15) is 27.0 Å². The number of rotatable bonds is 3. The average Bonchev–Trinajstić information content (AvgIpc) is 2.38. The van der Waals surface area contributed by atoms with Gasteiger partial charge in [-0.25, -0.2) is 4.79 Å². The van der Waals surface area contributed by atoms with E-state index in [0.717, 1.165) is 5.56 Å². The Labute approximate surface area is 106 Å². The molecule has 0 saturated heterocycles. The summed E-state index contributed by atoms with van der Waals surface area (Å²) in [5.41, 5.74) is 3.30. The lowest BCUT2D eigenvalue weighted by molar-refractivity contribution is 0.0696. The first-order valence-electron chi connectivity index (χ1n) is 5.74. The summed E-state index contributed by atoms with van der Waals surface area (Å²) in [6.07, 6.45) is 3.78. The summed E-state index contributed by atoms with van der Waals surface area (Å²) in [5.74, 6) is -0.903. The van der Waals surface area contributed by atoms with Crippen LogP contribution in [0.25, 0.3) is 12.2 Å². The van der Waals surface area contributed by atoms with Crippen molar-refractivity contribution < 1.29 is 9.90 Å². The monoisotopic (exact) mass is 238 g/mol. The first-order chi connectivity index (χ1) is 8.68. The maximum absolute atomic E-state index is 11.1. The number of hydrogen-bond donors (Lipinski definition) is 1. The number of carbonyl (C=O) groups is 1. The number of carboxylic acids is 1. The lowest BCUT2D eigenvalue weighted by Gasteiger charge is -2.01. The number of carboxylic acid groups (broad SMARTS) is 1. The van der Waals surface area contributed by atoms with Gasteiger partial charge < -0.3 is 5.11 Å². The molecule has 0 aliphatic carbocycles. The molecular weight excluding hydrogens is 224 g/mol. The van der Waals surface area contributed by atoms with Gasteiger partial charge >= 0.3 is 5.97 Å². The standard InChI is InChI=1S/C16H14O2/c1-12-6-2-3-7-13(12)10-11-14-8-4-5-9-15(14)16(17)18/h2-11H,1H3,(H,17,18)/b11-10+. The number of hydrogen-bond acceptors (Lipinski definition) is 1. The fraction of sp³-hybridized carbons (Fsp3) is 0.0625. The Morgan fingerprint density at radius 1 is 0.944 bits per heavy atom. The van der Waals surface area contributed by atoms with Gasteiger partial charge in [-0.05, 0) is 29.7 Å². The highest BCUT2D eigenvalue weighted by atomic mass is 16.4. The molecule has 0 fully saturated rings. The van der Waals surface area contributed by atoms with Crippen molar-refractivity contribution in [3.63, 3.8) is 0 Å². The molecule has 90 valence electrons. The van der Waals surface area contributed by atoms with E-state index >= 15 is 0 Å². The molecule has 0 spiro atoms. The Hall–Kier alpha value is -2.35. The second kappa shape index (κ2) is 5.32. The maximum Gasteiger partial charge on any atom is 0.336 e. The Morgan fingerprint density at radius 2 is 1.50 bits per heavy atom. The van der Waals surface area contributed by atoms with E-state index < -0.39 is 5.97 Å². The van der Waals surface area contributed by atoms with E-state index in [2.05, 4.69) is 0 Å². The Morgan fingerprint density at radius 3 is 2.17 bits per heavy atom. The topological polar surface area (TPSA) is 37.3 Å². The van der Waals surface area contributed by atoms with Gasteiger partial charge in [0, 0.05) is 0 Å². The molecule has 0 heterocycles. The minimum Gasteiger partial charge on any atom is -0.478 e. The Balaban J connectivity index is 2.35. The third kappa shape index (κ3) is 2.66. The highest BCUT2D eigenvalue weighted by Gasteiger charge is 2.05. The van der Waals surface area contributed by atoms with Crippen LogP contribution in [0.5, 0.6) is 0 Å². The van der Waals surface area contributed by atoms with E-state index in [1.165, 1.54) is 5.56 Å². The quantitative estimate of drug-likeness (QED) is 0.824. The van der Waals surface area contributed by atoms with Gasteiger partial charge in [0.15, 0.2) is 0 Å². The van der Waals surface area contributed by atoms with E-state index in [0.29, 0.717) is 11.1 Å². The molecule has 0 aliphatic heterocycles. The van der Waals surface area contributed by atoms with Crippen LogP contribution in [-0.2, 0) is 0 Å². The van der Waals surface area contributed by atoms with Gasteiger partial charge in [0.05, 0.1) is 5.56 Å². The molecule has 0 bridgehead atoms. The first kappa shape index (κ1) is 12.1. The molecule has 0 aromatic heterocycles. The van der Waals surface area contributed by atoms with Gasteiger partial charge in [-0.3, -0.25) is 0 Å². The third-order valence-corrected chi connectivity index (χ3v) is 2.82. The largest absolute Gasteiger partial charge is 0.478 e. The SMILES string of the molecule is Cc1ccccc1/C=C/c1ccccc1C(=O)O. The normalized spacial score (nSPS) is 10.7. The molecule has 0 unspecified atom stereocenters. The summed E-state index contributed by atoms with van der Waals surface area (Å²) >= 11 is 0. The first-order valence-corrected chi connectivity index (χ1v) is 5.74. The summed E-state index contributed by atoms with van der Waals surface area (Å²) in [7, 11) is 0. The van der Waals surface area contributed by atoms with Gasteiger partial charge in [0.2, 0.25) is 0 Å². The second-order valence-electron chi connectivity index (χ2n) is 4.08. The molecule has 0 aliphatic rings. The van der Waals surface area contributed by atoms with Crippen LogP contribution < -0.4 is 0 Å². The van der Waals surface area contributed by atoms with Crippen LogP contribution in [0.15, 0.2) is 48.5 Å². The summed E-state index contributed by atoms with van der Waals surface area (Å²) in [6, 6.07) is 15.0. The van der Waals surface area contributed by atoms with Gasteiger partial charge in [-0.1, -0.05) is 54.6 Å². The van der Waals surface area contributed by atoms with Crippen molar-refractivity contribution in [2.45, 2.75) is 6.92 Å². The zero-order valence-corrected chi connectivity index (χ0v) is 10.1. The van der Waals surface area contributed by atoms with E-state index in [1.54, 1.807) is 18.2 Å². The smallest absolute Gasteiger partial charge is 0.336 e. The van der Waals surface area contributed by atoms with Crippen molar-refractivity contribution in [2.24, 2.45) is 0 Å². The van der Waals surface area contributed by atoms with E-state index in [9.17, 15) is 4.79 Å². The highest BCUT2D eigenvalue weighted by Crippen LogP contribution is 2.15. The van der Waals surface area contributed by atoms with Crippen LogP contribution in [0.3, 0.4) is 0 Å². The number of aryl methyl sites for hydroxylation is 1. The second-order valence-corrected chi connectivity index (χ2v) is 4.08. The van der Waals surface area contributed by atoms with Crippen LogP contribution in [-0.4, -0.2) is 11.1 Å². The van der Waals surface area contributed by atoms with Crippen molar-refractivity contribution >= 4 is 18.1 Å². The summed E-state index contributed by atoms with van der Waals surface area (Å²) in [4.78, 5) is 11.1. The van der Waals surface area contributed by atoms with Crippen LogP contribution in [0, 0.1) is 6.92 Å². The van der Waals surface area contributed by atoms with Crippen molar-refractivity contribution in [2.75, 3.05) is 0 Å². The van der Waals surface area contributed by atoms with Gasteiger partial charge in [-0.2, -0.15) is 0 Å². The van der Waals surface area contributed by atoms with Crippen molar-refractivity contribution in [1.29, 1.82) is 0 Å². The molecule has 0 saturated carbocycles. The van der Waals surface area contributed by atoms with E-state index in [-0.39, 0.29) is 0 Å². The lowest BCUT2D eigenvalue weighted by atomic mass is 10.0. The van der Waals surface area contributed by atoms with Crippen molar-refractivity contribution in [3.05, 3.63) is 70.8 Å². The molecule has 2 heteroatoms. The lowest BCUT2D eigenvalue weighted by Crippen LogP contribution is -1.98. The molecule has 18 heavy (non-hydrogen) atoms. The highest BCUT2D eigenvalue weighted by molar-refractivity contribution is 5.93. The third-order valence-electron chi connectivity index (χ3n) is 2.82. The number of benzene rings is 2. The van der Waals surface area contributed by atoms with Gasteiger partial charge in [-0.15, -0.1) is 0 Å². The molecule has 0 radical (unpaired) electrons. The number of aromatic carboxylic acids is 1. The van der Waals surface area contributed by atoms with Crippen LogP contribution >= 0.6 is 0 Å². The van der Waals surface area contributed by atoms with Gasteiger partial charge in [0.25, 0.3) is 0 Å². The molecule has 1 N–H and O–H groups in total. The molecule has 2 rings (SSSR count). The average molecular weight is 238 g/mol. The molecule has 2 aromatic carbocycles. The van der Waals surface area contributed by atoms with Crippen LogP contribution in [0.4, 0.5) is 0 Å². The predicted molar refractivity (Wildman–Crippen MR) is 73.5 cm³/mol. The molecular formula is C16H14O2. The predicted octanol–water partition coefficient (Wildman–Crippen LogP) is 3.86. The Bertz CT molecular complexity index is 598.